The van der Waals surface area contributed by atoms with Crippen molar-refractivity contribution >= 4 is 28.4 Å². The lowest BCUT2D eigenvalue weighted by Gasteiger charge is -2.10. The number of nitrogens with zero attached hydrogens (tertiary/aromatic N) is 2. The molecule has 1 heterocycles. The van der Waals surface area contributed by atoms with Crippen LogP contribution in [-0.2, 0) is 18.3 Å². The van der Waals surface area contributed by atoms with Crippen molar-refractivity contribution in [3.05, 3.63) is 39.4 Å². The summed E-state index contributed by atoms with van der Waals surface area (Å²) in [7, 11) is 1.70. The van der Waals surface area contributed by atoms with Crippen LogP contribution in [0.15, 0.2) is 23.0 Å². The van der Waals surface area contributed by atoms with Crippen molar-refractivity contribution in [2.45, 2.75) is 19.8 Å². The minimum Gasteiger partial charge on any atom is -0.355 e. The van der Waals surface area contributed by atoms with Crippen LogP contribution in [0.5, 0.6) is 0 Å². The molecule has 1 N–H and O–H groups in total. The normalized spacial score (nSPS) is 20.1. The summed E-state index contributed by atoms with van der Waals surface area (Å²) in [6.07, 6.45) is 1.48. The van der Waals surface area contributed by atoms with Crippen molar-refractivity contribution < 1.29 is 4.79 Å². The lowest BCUT2D eigenvalue weighted by atomic mass is 10.2. The molecular formula is C16H18ClN3O2. The first kappa shape index (κ1) is 15.0. The van der Waals surface area contributed by atoms with Gasteiger partial charge < -0.3 is 5.32 Å². The molecule has 1 amide bonds. The maximum Gasteiger partial charge on any atom is 0.261 e. The summed E-state index contributed by atoms with van der Waals surface area (Å²) in [6, 6.07) is 5.06. The van der Waals surface area contributed by atoms with Crippen molar-refractivity contribution in [1.82, 2.24) is 14.9 Å². The lowest BCUT2D eigenvalue weighted by Crippen LogP contribution is -2.30. The van der Waals surface area contributed by atoms with Crippen molar-refractivity contribution in [3.63, 3.8) is 0 Å². The van der Waals surface area contributed by atoms with E-state index in [0.717, 1.165) is 6.42 Å². The van der Waals surface area contributed by atoms with Gasteiger partial charge in [-0.2, -0.15) is 0 Å². The molecule has 116 valence electrons. The predicted octanol–water partition coefficient (Wildman–Crippen LogP) is 1.90. The molecule has 1 aliphatic rings. The lowest BCUT2D eigenvalue weighted by molar-refractivity contribution is -0.122. The zero-order chi connectivity index (χ0) is 15.9. The van der Waals surface area contributed by atoms with Crippen molar-refractivity contribution in [1.29, 1.82) is 0 Å². The Morgan fingerprint density at radius 3 is 2.91 bits per heavy atom. The van der Waals surface area contributed by atoms with Gasteiger partial charge in [-0.3, -0.25) is 14.2 Å². The Kier molecular flexibility index (Phi) is 3.91. The van der Waals surface area contributed by atoms with Gasteiger partial charge in [0.2, 0.25) is 5.91 Å². The topological polar surface area (TPSA) is 64.0 Å². The number of hydrogen-bond acceptors (Lipinski definition) is 3. The molecule has 6 heteroatoms. The third-order valence-corrected chi connectivity index (χ3v) is 4.46. The fraction of sp³-hybridized carbons (Fsp3) is 0.438. The van der Waals surface area contributed by atoms with Gasteiger partial charge in [0.05, 0.1) is 10.9 Å². The van der Waals surface area contributed by atoms with Crippen LogP contribution in [-0.4, -0.2) is 22.0 Å². The SMILES string of the molecule is CC1CC1C(=O)NCCc1nc2cc(Cl)ccc2c(=O)n1C. The molecular weight excluding hydrogens is 302 g/mol. The molecule has 5 nitrogen and oxygen atoms in total. The number of rotatable bonds is 4. The fourth-order valence-electron chi connectivity index (χ4n) is 2.63. The first-order valence-corrected chi connectivity index (χ1v) is 7.78. The van der Waals surface area contributed by atoms with Gasteiger partial charge in [0.1, 0.15) is 5.82 Å². The summed E-state index contributed by atoms with van der Waals surface area (Å²) >= 11 is 5.96. The Labute approximate surface area is 133 Å². The molecule has 0 aliphatic heterocycles. The molecule has 1 fully saturated rings. The van der Waals surface area contributed by atoms with E-state index in [1.165, 1.54) is 4.57 Å². The van der Waals surface area contributed by atoms with Crippen LogP contribution in [0.3, 0.4) is 0 Å². The quantitative estimate of drug-likeness (QED) is 0.936. The standard InChI is InChI=1S/C16H18ClN3O2/c1-9-7-12(9)15(21)18-6-5-14-19-13-8-10(17)3-4-11(13)16(22)20(14)2/h3-4,8-9,12H,5-7H2,1-2H3,(H,18,21). The van der Waals surface area contributed by atoms with Crippen molar-refractivity contribution in [2.75, 3.05) is 6.54 Å². The molecule has 1 aliphatic carbocycles. The number of carbonyl (C=O) groups is 1. The molecule has 1 aromatic heterocycles. The minimum absolute atomic E-state index is 0.0983. The summed E-state index contributed by atoms with van der Waals surface area (Å²) in [6.45, 7) is 2.55. The van der Waals surface area contributed by atoms with Gasteiger partial charge in [0.15, 0.2) is 0 Å². The highest BCUT2D eigenvalue weighted by molar-refractivity contribution is 6.31. The maximum absolute atomic E-state index is 12.3. The van der Waals surface area contributed by atoms with Crippen LogP contribution < -0.4 is 10.9 Å². The molecule has 0 radical (unpaired) electrons. The van der Waals surface area contributed by atoms with E-state index >= 15 is 0 Å². The Morgan fingerprint density at radius 2 is 2.23 bits per heavy atom. The van der Waals surface area contributed by atoms with Crippen LogP contribution in [0.25, 0.3) is 10.9 Å². The van der Waals surface area contributed by atoms with Gasteiger partial charge in [0.25, 0.3) is 5.56 Å². The Bertz CT molecular complexity index is 800. The number of hydrogen-bond donors (Lipinski definition) is 1. The van der Waals surface area contributed by atoms with E-state index in [1.807, 2.05) is 0 Å². The molecule has 0 spiro atoms. The van der Waals surface area contributed by atoms with Crippen molar-refractivity contribution in [3.8, 4) is 0 Å². The number of nitrogens with one attached hydrogen (secondary N) is 1. The van der Waals surface area contributed by atoms with Gasteiger partial charge in [-0.25, -0.2) is 4.98 Å². The molecule has 2 aromatic rings. The van der Waals surface area contributed by atoms with Gasteiger partial charge in [-0.15, -0.1) is 0 Å². The van der Waals surface area contributed by atoms with E-state index in [1.54, 1.807) is 25.2 Å². The molecule has 22 heavy (non-hydrogen) atoms. The number of fused-ring (bicyclic) bond motifs is 1. The van der Waals surface area contributed by atoms with Gasteiger partial charge in [0, 0.05) is 31.0 Å². The van der Waals surface area contributed by atoms with E-state index in [2.05, 4.69) is 17.2 Å². The monoisotopic (exact) mass is 319 g/mol. The number of amides is 1. The van der Waals surface area contributed by atoms with Gasteiger partial charge in [-0.05, 0) is 30.5 Å². The first-order chi connectivity index (χ1) is 10.5. The van der Waals surface area contributed by atoms with Gasteiger partial charge >= 0.3 is 0 Å². The predicted molar refractivity (Wildman–Crippen MR) is 86.0 cm³/mol. The van der Waals surface area contributed by atoms with Crippen LogP contribution in [0, 0.1) is 11.8 Å². The van der Waals surface area contributed by atoms with E-state index in [4.69, 9.17) is 11.6 Å². The number of halogens is 1. The van der Waals surface area contributed by atoms with Crippen LogP contribution in [0.1, 0.15) is 19.2 Å². The second-order valence-corrected chi connectivity index (χ2v) is 6.35. The fourth-order valence-corrected chi connectivity index (χ4v) is 2.80. The Hall–Kier alpha value is -1.88. The molecule has 1 saturated carbocycles. The molecule has 2 unspecified atom stereocenters. The second-order valence-electron chi connectivity index (χ2n) is 5.91. The molecule has 1 aromatic carbocycles. The van der Waals surface area contributed by atoms with Gasteiger partial charge in [-0.1, -0.05) is 18.5 Å². The highest BCUT2D eigenvalue weighted by atomic mass is 35.5. The Morgan fingerprint density at radius 1 is 1.50 bits per heavy atom. The highest BCUT2D eigenvalue weighted by Gasteiger charge is 2.38. The molecule has 0 saturated heterocycles. The van der Waals surface area contributed by atoms with E-state index in [9.17, 15) is 9.59 Å². The van der Waals surface area contributed by atoms with E-state index in [0.29, 0.717) is 40.6 Å². The average molecular weight is 320 g/mol. The van der Waals surface area contributed by atoms with Crippen LogP contribution in [0.4, 0.5) is 0 Å². The molecule has 2 atom stereocenters. The van der Waals surface area contributed by atoms with Crippen LogP contribution >= 0.6 is 11.6 Å². The summed E-state index contributed by atoms with van der Waals surface area (Å²) in [5.41, 5.74) is 0.492. The average Bonchev–Trinajstić information content (AvgIpc) is 3.21. The third kappa shape index (κ3) is 2.86. The molecule has 0 bridgehead atoms. The maximum atomic E-state index is 12.3. The highest BCUT2D eigenvalue weighted by Crippen LogP contribution is 2.37. The summed E-state index contributed by atoms with van der Waals surface area (Å²) in [5, 5.41) is 4.01. The number of benzene rings is 1. The zero-order valence-corrected chi connectivity index (χ0v) is 13.4. The van der Waals surface area contributed by atoms with Crippen LogP contribution in [0.2, 0.25) is 5.02 Å². The Balaban J connectivity index is 1.77. The smallest absolute Gasteiger partial charge is 0.261 e. The number of aromatic nitrogens is 2. The summed E-state index contributed by atoms with van der Waals surface area (Å²) < 4.78 is 1.53. The number of carbonyl (C=O) groups excluding carboxylic acids is 1. The second kappa shape index (κ2) is 5.72. The third-order valence-electron chi connectivity index (χ3n) is 4.23. The molecule has 3 rings (SSSR count). The van der Waals surface area contributed by atoms with E-state index < -0.39 is 0 Å². The summed E-state index contributed by atoms with van der Waals surface area (Å²) in [5.74, 6) is 1.39. The minimum atomic E-state index is -0.0983. The zero-order valence-electron chi connectivity index (χ0n) is 12.6. The van der Waals surface area contributed by atoms with Crippen molar-refractivity contribution in [2.24, 2.45) is 18.9 Å². The summed E-state index contributed by atoms with van der Waals surface area (Å²) in [4.78, 5) is 28.6. The first-order valence-electron chi connectivity index (χ1n) is 7.40. The van der Waals surface area contributed by atoms with E-state index in [-0.39, 0.29) is 17.4 Å². The largest absolute Gasteiger partial charge is 0.355 e.